The molecule has 3 heterocycles. The minimum atomic E-state index is -1.46. The van der Waals surface area contributed by atoms with Crippen LogP contribution in [0, 0.1) is 17.2 Å². The van der Waals surface area contributed by atoms with E-state index < -0.39 is 17.6 Å². The number of thiazole rings is 1. The highest BCUT2D eigenvalue weighted by Gasteiger charge is 2.30. The maximum absolute atomic E-state index is 12.8. The number of nitriles is 1. The molecule has 7 nitrogen and oxygen atoms in total. The van der Waals surface area contributed by atoms with E-state index in [9.17, 15) is 14.9 Å². The lowest BCUT2D eigenvalue weighted by atomic mass is 10.0. The van der Waals surface area contributed by atoms with E-state index in [2.05, 4.69) is 10.3 Å². The Morgan fingerprint density at radius 2 is 2.21 bits per heavy atom. The molecule has 1 atom stereocenters. The summed E-state index contributed by atoms with van der Waals surface area (Å²) < 4.78 is 7.35. The van der Waals surface area contributed by atoms with Crippen molar-refractivity contribution in [3.05, 3.63) is 46.8 Å². The zero-order valence-electron chi connectivity index (χ0n) is 14.7. The van der Waals surface area contributed by atoms with E-state index >= 15 is 0 Å². The molecular weight excluding hydrogens is 396 g/mol. The summed E-state index contributed by atoms with van der Waals surface area (Å²) in [5.41, 5.74) is 1.22. The zero-order valence-corrected chi connectivity index (χ0v) is 16.3. The first-order valence-corrected chi connectivity index (χ1v) is 10.1. The van der Waals surface area contributed by atoms with Gasteiger partial charge in [-0.25, -0.2) is 4.98 Å². The van der Waals surface area contributed by atoms with Crippen LogP contribution in [-0.4, -0.2) is 27.7 Å². The van der Waals surface area contributed by atoms with Crippen LogP contribution in [0.2, 0.25) is 0 Å². The highest BCUT2D eigenvalue weighted by atomic mass is 32.1. The number of ketones is 1. The van der Waals surface area contributed by atoms with E-state index in [4.69, 9.17) is 4.74 Å². The fraction of sp³-hybridized carbons (Fsp3) is 0.158. The van der Waals surface area contributed by atoms with E-state index in [-0.39, 0.29) is 0 Å². The Labute approximate surface area is 167 Å². The maximum atomic E-state index is 12.8. The molecule has 0 fully saturated rings. The molecule has 28 heavy (non-hydrogen) atoms. The number of benzene rings is 1. The highest BCUT2D eigenvalue weighted by molar-refractivity contribution is 7.21. The molecule has 0 bridgehead atoms. The molecule has 0 saturated heterocycles. The van der Waals surface area contributed by atoms with Gasteiger partial charge in [0.05, 0.1) is 28.8 Å². The highest BCUT2D eigenvalue weighted by Crippen LogP contribution is 2.30. The van der Waals surface area contributed by atoms with Crippen LogP contribution in [0.3, 0.4) is 0 Å². The normalized spacial score (nSPS) is 12.0. The van der Waals surface area contributed by atoms with Crippen molar-refractivity contribution in [3.8, 4) is 11.8 Å². The van der Waals surface area contributed by atoms with E-state index in [0.717, 1.165) is 10.5 Å². The SMILES string of the molecule is CCOc1ccccc1NC(=O)C(C#N)C(=O)c1cc2c(nc3sccn32)s1. The molecule has 1 amide bonds. The number of aromatic nitrogens is 2. The van der Waals surface area contributed by atoms with Gasteiger partial charge in [0.25, 0.3) is 0 Å². The van der Waals surface area contributed by atoms with Crippen molar-refractivity contribution in [2.75, 3.05) is 11.9 Å². The number of fused-ring (bicyclic) bond motifs is 3. The van der Waals surface area contributed by atoms with E-state index in [1.807, 2.05) is 29.0 Å². The number of imidazole rings is 1. The van der Waals surface area contributed by atoms with Gasteiger partial charge in [0.2, 0.25) is 5.91 Å². The van der Waals surface area contributed by atoms with Gasteiger partial charge < -0.3 is 10.1 Å². The van der Waals surface area contributed by atoms with Gasteiger partial charge in [-0.1, -0.05) is 12.1 Å². The summed E-state index contributed by atoms with van der Waals surface area (Å²) in [6, 6.07) is 10.4. The number of thiophene rings is 1. The molecule has 1 unspecified atom stereocenters. The second kappa shape index (κ2) is 7.42. The van der Waals surface area contributed by atoms with Crippen molar-refractivity contribution in [1.29, 1.82) is 5.26 Å². The van der Waals surface area contributed by atoms with Crippen molar-refractivity contribution in [2.45, 2.75) is 6.92 Å². The number of carbonyl (C=O) groups is 2. The Morgan fingerprint density at radius 1 is 1.39 bits per heavy atom. The number of rotatable bonds is 6. The predicted molar refractivity (Wildman–Crippen MR) is 108 cm³/mol. The Morgan fingerprint density at radius 3 is 3.00 bits per heavy atom. The molecule has 0 aliphatic carbocycles. The minimum absolute atomic E-state index is 0.331. The third-order valence-corrected chi connectivity index (χ3v) is 5.87. The first-order valence-electron chi connectivity index (χ1n) is 8.44. The quantitative estimate of drug-likeness (QED) is 0.383. The maximum Gasteiger partial charge on any atom is 0.249 e. The third-order valence-electron chi connectivity index (χ3n) is 4.08. The second-order valence-corrected chi connectivity index (χ2v) is 7.72. The monoisotopic (exact) mass is 410 g/mol. The first-order chi connectivity index (χ1) is 13.6. The van der Waals surface area contributed by atoms with Crippen LogP contribution in [0.5, 0.6) is 5.75 Å². The molecule has 140 valence electrons. The number of carbonyl (C=O) groups excluding carboxylic acids is 2. The lowest BCUT2D eigenvalue weighted by molar-refractivity contribution is -0.117. The van der Waals surface area contributed by atoms with Crippen LogP contribution in [0.1, 0.15) is 16.6 Å². The molecule has 4 rings (SSSR count). The fourth-order valence-electron chi connectivity index (χ4n) is 2.80. The van der Waals surface area contributed by atoms with E-state index in [1.165, 1.54) is 22.7 Å². The van der Waals surface area contributed by atoms with Crippen molar-refractivity contribution in [2.24, 2.45) is 5.92 Å². The molecule has 0 radical (unpaired) electrons. The molecular formula is C19H14N4O3S2. The van der Waals surface area contributed by atoms with Crippen LogP contribution in [0.25, 0.3) is 15.3 Å². The summed E-state index contributed by atoms with van der Waals surface area (Å²) in [7, 11) is 0. The van der Waals surface area contributed by atoms with Gasteiger partial charge in [-0.3, -0.25) is 14.0 Å². The lowest BCUT2D eigenvalue weighted by Gasteiger charge is -2.12. The number of anilines is 1. The predicted octanol–water partition coefficient (Wildman–Crippen LogP) is 3.97. The Balaban J connectivity index is 1.59. The zero-order chi connectivity index (χ0) is 19.7. The standard InChI is InChI=1S/C19H14N4O3S2/c1-2-26-14-6-4-3-5-12(14)21-17(25)11(10-20)16(24)15-9-13-18(28-15)22-19-23(13)7-8-27-19/h3-9,11H,2H2,1H3,(H,21,25). The molecule has 9 heteroatoms. The number of nitrogens with zero attached hydrogens (tertiary/aromatic N) is 3. The van der Waals surface area contributed by atoms with Crippen LogP contribution >= 0.6 is 22.7 Å². The van der Waals surface area contributed by atoms with Crippen molar-refractivity contribution in [3.63, 3.8) is 0 Å². The lowest BCUT2D eigenvalue weighted by Crippen LogP contribution is -2.28. The summed E-state index contributed by atoms with van der Waals surface area (Å²) in [5.74, 6) is -2.20. The number of hydrogen-bond donors (Lipinski definition) is 1. The van der Waals surface area contributed by atoms with Crippen molar-refractivity contribution >= 4 is 55.4 Å². The summed E-state index contributed by atoms with van der Waals surface area (Å²) in [5, 5.41) is 14.0. The third kappa shape index (κ3) is 3.13. The van der Waals surface area contributed by atoms with Gasteiger partial charge in [0, 0.05) is 11.6 Å². The van der Waals surface area contributed by atoms with E-state index in [1.54, 1.807) is 30.3 Å². The molecule has 3 aromatic heterocycles. The number of ether oxygens (including phenoxy) is 1. The number of nitrogens with one attached hydrogen (secondary N) is 1. The number of amides is 1. The molecule has 0 aliphatic heterocycles. The van der Waals surface area contributed by atoms with Crippen molar-refractivity contribution in [1.82, 2.24) is 9.38 Å². The fourth-order valence-corrected chi connectivity index (χ4v) is 4.57. The minimum Gasteiger partial charge on any atom is -0.492 e. The smallest absolute Gasteiger partial charge is 0.249 e. The number of hydrogen-bond acceptors (Lipinski definition) is 7. The summed E-state index contributed by atoms with van der Waals surface area (Å²) in [4.78, 5) is 31.8. The Bertz CT molecular complexity index is 1230. The number of para-hydroxylation sites is 2. The van der Waals surface area contributed by atoms with Gasteiger partial charge >= 0.3 is 0 Å². The molecule has 1 N–H and O–H groups in total. The molecule has 0 aliphatic rings. The first kappa shape index (κ1) is 18.2. The van der Waals surface area contributed by atoms with Gasteiger partial charge in [0.15, 0.2) is 16.7 Å². The molecule has 1 aromatic carbocycles. The Hall–Kier alpha value is -3.22. The van der Waals surface area contributed by atoms with E-state index in [0.29, 0.717) is 27.8 Å². The summed E-state index contributed by atoms with van der Waals surface area (Å²) in [6.07, 6.45) is 1.87. The largest absolute Gasteiger partial charge is 0.492 e. The van der Waals surface area contributed by atoms with Gasteiger partial charge in [-0.2, -0.15) is 5.26 Å². The Kier molecular flexibility index (Phi) is 4.81. The van der Waals surface area contributed by atoms with Crippen LogP contribution < -0.4 is 10.1 Å². The molecule has 0 saturated carbocycles. The second-order valence-electron chi connectivity index (χ2n) is 5.81. The van der Waals surface area contributed by atoms with Crippen molar-refractivity contribution < 1.29 is 14.3 Å². The average Bonchev–Trinajstić information content (AvgIpc) is 3.36. The van der Waals surface area contributed by atoms with Gasteiger partial charge in [-0.05, 0) is 25.1 Å². The molecule has 0 spiro atoms. The topological polar surface area (TPSA) is 96.5 Å². The average molecular weight is 410 g/mol. The van der Waals surface area contributed by atoms with Gasteiger partial charge in [-0.15, -0.1) is 22.7 Å². The summed E-state index contributed by atoms with van der Waals surface area (Å²) >= 11 is 2.68. The van der Waals surface area contributed by atoms with Crippen LogP contribution in [0.15, 0.2) is 41.9 Å². The van der Waals surface area contributed by atoms with Crippen LogP contribution in [0.4, 0.5) is 5.69 Å². The number of Topliss-reactive ketones (excluding diaryl/α,β-unsaturated/α-hetero) is 1. The van der Waals surface area contributed by atoms with Gasteiger partial charge in [0.1, 0.15) is 10.6 Å². The molecule has 4 aromatic rings. The van der Waals surface area contributed by atoms with Crippen LogP contribution in [-0.2, 0) is 4.79 Å². The summed E-state index contributed by atoms with van der Waals surface area (Å²) in [6.45, 7) is 2.26.